The van der Waals surface area contributed by atoms with Crippen LogP contribution in [0.5, 0.6) is 0 Å². The van der Waals surface area contributed by atoms with Gasteiger partial charge in [0.2, 0.25) is 0 Å². The number of benzene rings is 1. The van der Waals surface area contributed by atoms with Gasteiger partial charge >= 0.3 is 6.18 Å². The summed E-state index contributed by atoms with van der Waals surface area (Å²) in [6.07, 6.45) is 1.67. The lowest BCUT2D eigenvalue weighted by atomic mass is 10.1. The van der Waals surface area contributed by atoms with Gasteiger partial charge in [-0.2, -0.15) is 18.3 Å². The second-order valence-corrected chi connectivity index (χ2v) is 7.96. The standard InChI is InChI=1S/C21H25F3N4O/c22-21(23,24)19-9-13-28(25-19)18-6-4-17(5-7-18)20(29)27-12-8-16(15-27)14-26-10-2-1-3-11-26/h4-7,9,13,16H,1-3,8,10-12,14-15H2. The molecule has 1 atom stereocenters. The molecule has 0 spiro atoms. The third-order valence-electron chi connectivity index (χ3n) is 5.80. The Morgan fingerprint density at radius 2 is 1.76 bits per heavy atom. The number of piperidine rings is 1. The topological polar surface area (TPSA) is 41.4 Å². The van der Waals surface area contributed by atoms with E-state index >= 15 is 0 Å². The minimum atomic E-state index is -4.47. The summed E-state index contributed by atoms with van der Waals surface area (Å²) in [5.74, 6) is 0.496. The van der Waals surface area contributed by atoms with E-state index in [1.807, 2.05) is 4.90 Å². The van der Waals surface area contributed by atoms with Gasteiger partial charge in [-0.3, -0.25) is 4.79 Å². The number of hydrogen-bond acceptors (Lipinski definition) is 3. The number of carbonyl (C=O) groups is 1. The van der Waals surface area contributed by atoms with Gasteiger partial charge in [0.25, 0.3) is 5.91 Å². The van der Waals surface area contributed by atoms with Gasteiger partial charge in [-0.15, -0.1) is 0 Å². The number of carbonyl (C=O) groups excluding carboxylic acids is 1. The van der Waals surface area contributed by atoms with Crippen LogP contribution in [0.15, 0.2) is 36.5 Å². The molecule has 8 heteroatoms. The Morgan fingerprint density at radius 1 is 1.03 bits per heavy atom. The molecule has 5 nitrogen and oxygen atoms in total. The van der Waals surface area contributed by atoms with Crippen LogP contribution in [0.25, 0.3) is 5.69 Å². The van der Waals surface area contributed by atoms with Gasteiger partial charge in [0.15, 0.2) is 5.69 Å². The molecule has 1 aromatic carbocycles. The van der Waals surface area contributed by atoms with Crippen LogP contribution in [0.4, 0.5) is 13.2 Å². The highest BCUT2D eigenvalue weighted by Crippen LogP contribution is 2.28. The van der Waals surface area contributed by atoms with E-state index in [0.717, 1.165) is 45.2 Å². The minimum Gasteiger partial charge on any atom is -0.338 e. The zero-order valence-corrected chi connectivity index (χ0v) is 16.2. The van der Waals surface area contributed by atoms with Crippen molar-refractivity contribution in [1.29, 1.82) is 0 Å². The molecule has 0 saturated carbocycles. The molecule has 1 unspecified atom stereocenters. The zero-order valence-electron chi connectivity index (χ0n) is 16.2. The SMILES string of the molecule is O=C(c1ccc(-n2ccc(C(F)(F)F)n2)cc1)N1CCC(CN2CCCCC2)C1. The van der Waals surface area contributed by atoms with Crippen molar-refractivity contribution in [3.05, 3.63) is 47.8 Å². The van der Waals surface area contributed by atoms with Crippen LogP contribution < -0.4 is 0 Å². The summed E-state index contributed by atoms with van der Waals surface area (Å²) in [4.78, 5) is 17.2. The molecule has 2 fully saturated rings. The van der Waals surface area contributed by atoms with Crippen molar-refractivity contribution in [2.24, 2.45) is 5.92 Å². The van der Waals surface area contributed by atoms with Crippen molar-refractivity contribution < 1.29 is 18.0 Å². The Hall–Kier alpha value is -2.35. The largest absolute Gasteiger partial charge is 0.435 e. The smallest absolute Gasteiger partial charge is 0.338 e. The lowest BCUT2D eigenvalue weighted by molar-refractivity contribution is -0.141. The normalized spacial score (nSPS) is 20.9. The van der Waals surface area contributed by atoms with Crippen molar-refractivity contribution >= 4 is 5.91 Å². The number of halogens is 3. The van der Waals surface area contributed by atoms with Crippen LogP contribution in [-0.2, 0) is 6.18 Å². The Balaban J connectivity index is 1.36. The van der Waals surface area contributed by atoms with E-state index in [2.05, 4.69) is 10.00 Å². The van der Waals surface area contributed by atoms with Gasteiger partial charge in [0.1, 0.15) is 0 Å². The van der Waals surface area contributed by atoms with Crippen molar-refractivity contribution in [3.8, 4) is 5.69 Å². The fraction of sp³-hybridized carbons (Fsp3) is 0.524. The maximum Gasteiger partial charge on any atom is 0.435 e. The Morgan fingerprint density at radius 3 is 2.41 bits per heavy atom. The van der Waals surface area contributed by atoms with E-state index in [-0.39, 0.29) is 5.91 Å². The summed E-state index contributed by atoms with van der Waals surface area (Å²) < 4.78 is 39.3. The molecule has 2 aromatic rings. The quantitative estimate of drug-likeness (QED) is 0.775. The van der Waals surface area contributed by atoms with Gasteiger partial charge in [-0.1, -0.05) is 6.42 Å². The molecular formula is C21H25F3N4O. The van der Waals surface area contributed by atoms with Gasteiger partial charge in [-0.25, -0.2) is 4.68 Å². The van der Waals surface area contributed by atoms with Crippen LogP contribution >= 0.6 is 0 Å². The molecule has 1 amide bonds. The fourth-order valence-corrected chi connectivity index (χ4v) is 4.23. The monoisotopic (exact) mass is 406 g/mol. The van der Waals surface area contributed by atoms with E-state index in [9.17, 15) is 18.0 Å². The Kier molecular flexibility index (Phi) is 5.63. The lowest BCUT2D eigenvalue weighted by Gasteiger charge is -2.29. The number of amides is 1. The average molecular weight is 406 g/mol. The van der Waals surface area contributed by atoms with Crippen LogP contribution in [-0.4, -0.2) is 58.2 Å². The van der Waals surface area contributed by atoms with Gasteiger partial charge in [0.05, 0.1) is 5.69 Å². The van der Waals surface area contributed by atoms with Gasteiger partial charge < -0.3 is 9.80 Å². The van der Waals surface area contributed by atoms with Crippen molar-refractivity contribution in [1.82, 2.24) is 19.6 Å². The van der Waals surface area contributed by atoms with E-state index in [1.165, 1.54) is 30.1 Å². The van der Waals surface area contributed by atoms with E-state index in [4.69, 9.17) is 0 Å². The highest BCUT2D eigenvalue weighted by atomic mass is 19.4. The first kappa shape index (κ1) is 19.9. The van der Waals surface area contributed by atoms with Crippen LogP contribution in [0.1, 0.15) is 41.7 Å². The van der Waals surface area contributed by atoms with Gasteiger partial charge in [-0.05, 0) is 68.6 Å². The maximum atomic E-state index is 12.8. The van der Waals surface area contributed by atoms with Gasteiger partial charge in [0, 0.05) is 31.4 Å². The molecule has 0 bridgehead atoms. The lowest BCUT2D eigenvalue weighted by Crippen LogP contribution is -2.36. The molecule has 4 rings (SSSR count). The third-order valence-corrected chi connectivity index (χ3v) is 5.80. The summed E-state index contributed by atoms with van der Waals surface area (Å²) in [6.45, 7) is 4.91. The number of hydrogen-bond donors (Lipinski definition) is 0. The number of aromatic nitrogens is 2. The Labute approximate surface area is 168 Å². The molecule has 2 saturated heterocycles. The fourth-order valence-electron chi connectivity index (χ4n) is 4.23. The average Bonchev–Trinajstić information content (AvgIpc) is 3.38. The number of alkyl halides is 3. The molecule has 3 heterocycles. The number of likely N-dealkylation sites (tertiary alicyclic amines) is 2. The molecular weight excluding hydrogens is 381 g/mol. The molecule has 29 heavy (non-hydrogen) atoms. The summed E-state index contributed by atoms with van der Waals surface area (Å²) in [7, 11) is 0. The van der Waals surface area contributed by atoms with Crippen molar-refractivity contribution in [2.45, 2.75) is 31.9 Å². The Bertz CT molecular complexity index is 840. The molecule has 0 N–H and O–H groups in total. The van der Waals surface area contributed by atoms with Crippen LogP contribution in [0.3, 0.4) is 0 Å². The first-order chi connectivity index (χ1) is 13.9. The summed E-state index contributed by atoms with van der Waals surface area (Å²) in [6, 6.07) is 7.50. The van der Waals surface area contributed by atoms with Crippen LogP contribution in [0.2, 0.25) is 0 Å². The minimum absolute atomic E-state index is 0.0193. The van der Waals surface area contributed by atoms with Crippen molar-refractivity contribution in [3.63, 3.8) is 0 Å². The summed E-state index contributed by atoms with van der Waals surface area (Å²) in [5, 5.41) is 3.56. The first-order valence-electron chi connectivity index (χ1n) is 10.1. The predicted molar refractivity (Wildman–Crippen MR) is 103 cm³/mol. The zero-order chi connectivity index (χ0) is 20.4. The third kappa shape index (κ3) is 4.63. The molecule has 1 aromatic heterocycles. The van der Waals surface area contributed by atoms with E-state index in [1.54, 1.807) is 24.3 Å². The van der Waals surface area contributed by atoms with Crippen LogP contribution in [0, 0.1) is 5.92 Å². The second-order valence-electron chi connectivity index (χ2n) is 7.96. The summed E-state index contributed by atoms with van der Waals surface area (Å²) in [5.41, 5.74) is 0.103. The van der Waals surface area contributed by atoms with E-state index < -0.39 is 11.9 Å². The van der Waals surface area contributed by atoms with Crippen molar-refractivity contribution in [2.75, 3.05) is 32.7 Å². The maximum absolute atomic E-state index is 12.8. The van der Waals surface area contributed by atoms with E-state index in [0.29, 0.717) is 17.2 Å². The second kappa shape index (κ2) is 8.18. The molecule has 156 valence electrons. The highest BCUT2D eigenvalue weighted by Gasteiger charge is 2.33. The molecule has 0 aliphatic carbocycles. The number of nitrogens with zero attached hydrogens (tertiary/aromatic N) is 4. The molecule has 2 aliphatic heterocycles. The predicted octanol–water partition coefficient (Wildman–Crippen LogP) is 3.84. The highest BCUT2D eigenvalue weighted by molar-refractivity contribution is 5.94. The summed E-state index contributed by atoms with van der Waals surface area (Å²) >= 11 is 0. The number of rotatable bonds is 4. The first-order valence-corrected chi connectivity index (χ1v) is 10.1. The molecule has 0 radical (unpaired) electrons. The molecule has 2 aliphatic rings.